The number of hydrogen-bond donors (Lipinski definition) is 1. The number of aromatic amines is 1. The number of carbonyl (C=O) groups excluding carboxylic acids is 1. The Hall–Kier alpha value is -2.92. The number of methoxy groups -OCH3 is 1. The van der Waals surface area contributed by atoms with Gasteiger partial charge in [-0.15, -0.1) is 0 Å². The Bertz CT molecular complexity index is 1020. The van der Waals surface area contributed by atoms with Gasteiger partial charge in [0.2, 0.25) is 5.83 Å². The first-order chi connectivity index (χ1) is 14.1. The van der Waals surface area contributed by atoms with E-state index in [1.54, 1.807) is 0 Å². The van der Waals surface area contributed by atoms with Crippen molar-refractivity contribution < 1.29 is 13.9 Å². The highest BCUT2D eigenvalue weighted by atomic mass is 19.1. The Labute approximate surface area is 170 Å². The lowest BCUT2D eigenvalue weighted by atomic mass is 10.0. The van der Waals surface area contributed by atoms with Gasteiger partial charge >= 0.3 is 5.97 Å². The van der Waals surface area contributed by atoms with Crippen LogP contribution in [0.4, 0.5) is 4.39 Å². The summed E-state index contributed by atoms with van der Waals surface area (Å²) < 4.78 is 18.0. The van der Waals surface area contributed by atoms with E-state index in [1.165, 1.54) is 48.1 Å². The minimum atomic E-state index is -0.953. The highest BCUT2D eigenvalue weighted by Crippen LogP contribution is 2.27. The molecule has 0 radical (unpaired) electrons. The number of halogens is 1. The number of rotatable bonds is 6. The lowest BCUT2D eigenvalue weighted by Gasteiger charge is -2.24. The van der Waals surface area contributed by atoms with Crippen LogP contribution in [-0.2, 0) is 22.5 Å². The number of hydrogen-bond acceptors (Lipinski definition) is 3. The topological polar surface area (TPSA) is 45.3 Å². The predicted octanol–water partition coefficient (Wildman–Crippen LogP) is 4.86. The van der Waals surface area contributed by atoms with Gasteiger partial charge in [0, 0.05) is 29.7 Å². The van der Waals surface area contributed by atoms with Crippen molar-refractivity contribution in [2.75, 3.05) is 13.7 Å². The molecule has 1 aliphatic heterocycles. The zero-order valence-corrected chi connectivity index (χ0v) is 16.5. The molecular weight excluding hydrogens is 367 g/mol. The van der Waals surface area contributed by atoms with Gasteiger partial charge < -0.3 is 9.72 Å². The van der Waals surface area contributed by atoms with Crippen LogP contribution in [0.5, 0.6) is 0 Å². The van der Waals surface area contributed by atoms with Crippen molar-refractivity contribution in [3.05, 3.63) is 77.2 Å². The second kappa shape index (κ2) is 8.62. The number of nitrogens with one attached hydrogen (secondary N) is 1. The number of H-pyrrole nitrogens is 1. The first-order valence-electron chi connectivity index (χ1n) is 9.97. The van der Waals surface area contributed by atoms with Gasteiger partial charge in [0.05, 0.1) is 7.11 Å². The van der Waals surface area contributed by atoms with E-state index in [-0.39, 0.29) is 0 Å². The molecule has 1 atom stereocenters. The molecule has 0 bridgehead atoms. The molecule has 4 rings (SSSR count). The first-order valence-corrected chi connectivity index (χ1v) is 9.97. The zero-order chi connectivity index (χ0) is 20.2. The van der Waals surface area contributed by atoms with Crippen LogP contribution < -0.4 is 0 Å². The van der Waals surface area contributed by atoms with Gasteiger partial charge in [-0.05, 0) is 54.6 Å². The van der Waals surface area contributed by atoms with Gasteiger partial charge in [0.1, 0.15) is 0 Å². The fraction of sp³-hybridized carbons (Fsp3) is 0.292. The molecule has 1 saturated heterocycles. The summed E-state index contributed by atoms with van der Waals surface area (Å²) in [6.45, 7) is 1.96. The van der Waals surface area contributed by atoms with Gasteiger partial charge in [-0.1, -0.05) is 42.5 Å². The Morgan fingerprint density at radius 3 is 2.83 bits per heavy atom. The molecule has 1 aliphatic rings. The number of nitrogens with zero attached hydrogens (tertiary/aromatic N) is 1. The Balaban J connectivity index is 1.43. The Morgan fingerprint density at radius 1 is 1.24 bits per heavy atom. The number of aromatic nitrogens is 1. The normalized spacial score (nSPS) is 17.7. The summed E-state index contributed by atoms with van der Waals surface area (Å²) in [6, 6.07) is 16.6. The Kier molecular flexibility index (Phi) is 5.76. The monoisotopic (exact) mass is 392 g/mol. The molecule has 2 aromatic carbocycles. The molecule has 3 aromatic rings. The summed E-state index contributed by atoms with van der Waals surface area (Å²) in [6.07, 6.45) is 6.78. The van der Waals surface area contributed by atoms with Crippen LogP contribution in [-0.4, -0.2) is 35.5 Å². The van der Waals surface area contributed by atoms with Crippen LogP contribution in [0.25, 0.3) is 17.0 Å². The molecule has 1 fully saturated rings. The summed E-state index contributed by atoms with van der Waals surface area (Å²) in [5, 5.41) is 1.31. The van der Waals surface area contributed by atoms with E-state index in [4.69, 9.17) is 0 Å². The molecule has 29 heavy (non-hydrogen) atoms. The minimum Gasteiger partial charge on any atom is -0.464 e. The molecule has 2 heterocycles. The molecule has 0 spiro atoms. The zero-order valence-electron chi connectivity index (χ0n) is 16.5. The summed E-state index contributed by atoms with van der Waals surface area (Å²) in [4.78, 5) is 17.1. The fourth-order valence-corrected chi connectivity index (χ4v) is 4.15. The van der Waals surface area contributed by atoms with Crippen molar-refractivity contribution in [2.45, 2.75) is 31.8 Å². The van der Waals surface area contributed by atoms with Gasteiger partial charge in [-0.25, -0.2) is 4.79 Å². The van der Waals surface area contributed by atoms with E-state index in [9.17, 15) is 9.18 Å². The number of carbonyl (C=O) groups is 1. The maximum Gasteiger partial charge on any atom is 0.366 e. The molecule has 4 nitrogen and oxygen atoms in total. The van der Waals surface area contributed by atoms with E-state index < -0.39 is 11.8 Å². The van der Waals surface area contributed by atoms with Crippen molar-refractivity contribution in [1.82, 2.24) is 9.88 Å². The van der Waals surface area contributed by atoms with Crippen molar-refractivity contribution >= 4 is 22.9 Å². The summed E-state index contributed by atoms with van der Waals surface area (Å²) in [5.41, 5.74) is 4.39. The first kappa shape index (κ1) is 19.4. The van der Waals surface area contributed by atoms with E-state index >= 15 is 0 Å². The SMILES string of the molecule is COC(=O)/C(F)=C\c1ccc(CN2CCC[C@@H]2Cc2c[nH]c3ccccc23)cc1. The third-order valence-electron chi connectivity index (χ3n) is 5.67. The van der Waals surface area contributed by atoms with Crippen LogP contribution in [0, 0.1) is 0 Å². The molecule has 1 N–H and O–H groups in total. The molecule has 0 amide bonds. The third-order valence-corrected chi connectivity index (χ3v) is 5.67. The number of ether oxygens (including phenoxy) is 1. The standard InChI is InChI=1S/C24H25FN2O2/c1-29-24(28)22(25)13-17-8-10-18(11-9-17)16-27-12-4-5-20(27)14-19-15-26-23-7-3-2-6-21(19)23/h2-3,6-11,13,15,20,26H,4-5,12,14,16H2,1H3/b22-13+/t20-/m1/s1. The Morgan fingerprint density at radius 2 is 2.03 bits per heavy atom. The maximum atomic E-state index is 13.6. The van der Waals surface area contributed by atoms with Gasteiger partial charge in [-0.3, -0.25) is 4.90 Å². The predicted molar refractivity (Wildman–Crippen MR) is 113 cm³/mol. The van der Waals surface area contributed by atoms with E-state index in [2.05, 4.69) is 45.1 Å². The van der Waals surface area contributed by atoms with Gasteiger partial charge in [0.25, 0.3) is 0 Å². The molecule has 1 aromatic heterocycles. The molecule has 150 valence electrons. The fourth-order valence-electron chi connectivity index (χ4n) is 4.15. The quantitative estimate of drug-likeness (QED) is 0.481. The summed E-state index contributed by atoms with van der Waals surface area (Å²) in [7, 11) is 1.17. The molecular formula is C24H25FN2O2. The minimum absolute atomic E-state index is 0.519. The van der Waals surface area contributed by atoms with Crippen LogP contribution >= 0.6 is 0 Å². The summed E-state index contributed by atoms with van der Waals surface area (Å²) in [5.74, 6) is -1.84. The maximum absolute atomic E-state index is 13.6. The lowest BCUT2D eigenvalue weighted by Crippen LogP contribution is -2.30. The number of esters is 1. The molecule has 0 saturated carbocycles. The van der Waals surface area contributed by atoms with Crippen LogP contribution in [0.15, 0.2) is 60.6 Å². The molecule has 0 unspecified atom stereocenters. The van der Waals surface area contributed by atoms with Gasteiger partial charge in [-0.2, -0.15) is 4.39 Å². The molecule has 5 heteroatoms. The molecule has 0 aliphatic carbocycles. The van der Waals surface area contributed by atoms with Crippen molar-refractivity contribution in [3.8, 4) is 0 Å². The third kappa shape index (κ3) is 4.40. The average molecular weight is 392 g/mol. The highest BCUT2D eigenvalue weighted by molar-refractivity contribution is 5.91. The van der Waals surface area contributed by atoms with Crippen LogP contribution in [0.2, 0.25) is 0 Å². The largest absolute Gasteiger partial charge is 0.464 e. The number of benzene rings is 2. The van der Waals surface area contributed by atoms with Crippen LogP contribution in [0.1, 0.15) is 29.5 Å². The average Bonchev–Trinajstić information content (AvgIpc) is 3.36. The van der Waals surface area contributed by atoms with E-state index in [1.807, 2.05) is 24.3 Å². The van der Waals surface area contributed by atoms with Gasteiger partial charge in [0.15, 0.2) is 0 Å². The summed E-state index contributed by atoms with van der Waals surface area (Å²) >= 11 is 0. The van der Waals surface area contributed by atoms with Crippen molar-refractivity contribution in [1.29, 1.82) is 0 Å². The number of fused-ring (bicyclic) bond motifs is 1. The van der Waals surface area contributed by atoms with E-state index in [0.717, 1.165) is 19.5 Å². The van der Waals surface area contributed by atoms with E-state index in [0.29, 0.717) is 11.6 Å². The highest BCUT2D eigenvalue weighted by Gasteiger charge is 2.25. The lowest BCUT2D eigenvalue weighted by molar-refractivity contribution is -0.137. The van der Waals surface area contributed by atoms with Crippen molar-refractivity contribution in [3.63, 3.8) is 0 Å². The number of likely N-dealkylation sites (tertiary alicyclic amines) is 1. The second-order valence-electron chi connectivity index (χ2n) is 7.56. The van der Waals surface area contributed by atoms with Crippen molar-refractivity contribution in [2.24, 2.45) is 0 Å². The number of para-hydroxylation sites is 1. The van der Waals surface area contributed by atoms with Crippen LogP contribution in [0.3, 0.4) is 0 Å². The second-order valence-corrected chi connectivity index (χ2v) is 7.56. The smallest absolute Gasteiger partial charge is 0.366 e.